The van der Waals surface area contributed by atoms with Crippen LogP contribution in [0.25, 0.3) is 0 Å². The SMILES string of the molecule is CCCc1nc(Cn2cccc2CNC(C)(C)C)no1. The monoisotopic (exact) mass is 276 g/mol. The van der Waals surface area contributed by atoms with Crippen LogP contribution in [-0.4, -0.2) is 20.2 Å². The van der Waals surface area contributed by atoms with Crippen molar-refractivity contribution in [1.29, 1.82) is 0 Å². The maximum atomic E-state index is 5.22. The number of aromatic nitrogens is 3. The maximum absolute atomic E-state index is 5.22. The Morgan fingerprint density at radius 3 is 2.85 bits per heavy atom. The van der Waals surface area contributed by atoms with Crippen LogP contribution in [0.1, 0.15) is 51.5 Å². The molecule has 0 saturated carbocycles. The lowest BCUT2D eigenvalue weighted by atomic mass is 10.1. The van der Waals surface area contributed by atoms with Gasteiger partial charge in [0.05, 0.1) is 6.54 Å². The maximum Gasteiger partial charge on any atom is 0.226 e. The zero-order chi connectivity index (χ0) is 14.6. The van der Waals surface area contributed by atoms with Gasteiger partial charge >= 0.3 is 0 Å². The first kappa shape index (κ1) is 14.8. The van der Waals surface area contributed by atoms with Gasteiger partial charge in [-0.05, 0) is 39.3 Å². The van der Waals surface area contributed by atoms with Gasteiger partial charge in [-0.3, -0.25) is 0 Å². The first-order chi connectivity index (χ1) is 9.48. The highest BCUT2D eigenvalue weighted by molar-refractivity contribution is 5.09. The predicted octanol–water partition coefficient (Wildman–Crippen LogP) is 2.76. The van der Waals surface area contributed by atoms with Gasteiger partial charge in [0, 0.05) is 30.4 Å². The Morgan fingerprint density at radius 2 is 2.15 bits per heavy atom. The fourth-order valence-corrected chi connectivity index (χ4v) is 1.94. The number of hydrogen-bond donors (Lipinski definition) is 1. The number of hydrogen-bond acceptors (Lipinski definition) is 4. The Kier molecular flexibility index (Phi) is 4.60. The Balaban J connectivity index is 2.00. The van der Waals surface area contributed by atoms with Gasteiger partial charge in [0.1, 0.15) is 0 Å². The van der Waals surface area contributed by atoms with Crippen molar-refractivity contribution in [3.05, 3.63) is 35.7 Å². The fraction of sp³-hybridized carbons (Fsp3) is 0.600. The minimum atomic E-state index is 0.107. The van der Waals surface area contributed by atoms with Crippen LogP contribution in [0.3, 0.4) is 0 Å². The summed E-state index contributed by atoms with van der Waals surface area (Å²) in [5, 5.41) is 7.52. The molecule has 20 heavy (non-hydrogen) atoms. The summed E-state index contributed by atoms with van der Waals surface area (Å²) in [7, 11) is 0. The highest BCUT2D eigenvalue weighted by Crippen LogP contribution is 2.09. The van der Waals surface area contributed by atoms with E-state index in [-0.39, 0.29) is 5.54 Å². The smallest absolute Gasteiger partial charge is 0.226 e. The standard InChI is InChI=1S/C15H24N4O/c1-5-7-14-17-13(18-20-14)11-19-9-6-8-12(19)10-16-15(2,3)4/h6,8-9,16H,5,7,10-11H2,1-4H3. The van der Waals surface area contributed by atoms with Gasteiger partial charge in [-0.15, -0.1) is 0 Å². The first-order valence-corrected chi connectivity index (χ1v) is 7.18. The summed E-state index contributed by atoms with van der Waals surface area (Å²) in [5.41, 5.74) is 1.33. The summed E-state index contributed by atoms with van der Waals surface area (Å²) in [6, 6.07) is 4.17. The van der Waals surface area contributed by atoms with Gasteiger partial charge in [-0.2, -0.15) is 4.98 Å². The normalized spacial score (nSPS) is 12.0. The van der Waals surface area contributed by atoms with Crippen molar-refractivity contribution in [2.24, 2.45) is 0 Å². The van der Waals surface area contributed by atoms with Gasteiger partial charge in [0.2, 0.25) is 5.89 Å². The van der Waals surface area contributed by atoms with Gasteiger partial charge < -0.3 is 14.4 Å². The molecule has 2 rings (SSSR count). The van der Waals surface area contributed by atoms with Crippen LogP contribution in [0.2, 0.25) is 0 Å². The molecule has 0 spiro atoms. The van der Waals surface area contributed by atoms with Crippen molar-refractivity contribution in [1.82, 2.24) is 20.0 Å². The molecule has 0 aliphatic carbocycles. The number of nitrogens with zero attached hydrogens (tertiary/aromatic N) is 3. The van der Waals surface area contributed by atoms with Crippen molar-refractivity contribution < 1.29 is 4.52 Å². The number of rotatable bonds is 6. The third-order valence-electron chi connectivity index (χ3n) is 3.01. The molecule has 1 N–H and O–H groups in total. The van der Waals surface area contributed by atoms with Gasteiger partial charge in [0.15, 0.2) is 5.82 Å². The van der Waals surface area contributed by atoms with Crippen molar-refractivity contribution in [3.8, 4) is 0 Å². The van der Waals surface area contributed by atoms with Crippen molar-refractivity contribution in [2.45, 2.75) is 59.2 Å². The topological polar surface area (TPSA) is 55.9 Å². The quantitative estimate of drug-likeness (QED) is 0.881. The van der Waals surface area contributed by atoms with Crippen LogP contribution in [0.4, 0.5) is 0 Å². The molecule has 0 unspecified atom stereocenters. The Labute approximate surface area is 120 Å². The second-order valence-electron chi connectivity index (χ2n) is 6.09. The molecule has 0 bridgehead atoms. The van der Waals surface area contributed by atoms with E-state index in [1.165, 1.54) is 5.69 Å². The van der Waals surface area contributed by atoms with Gasteiger partial charge in [-0.1, -0.05) is 12.1 Å². The number of nitrogens with one attached hydrogen (secondary N) is 1. The molecule has 0 fully saturated rings. The minimum Gasteiger partial charge on any atom is -0.342 e. The Bertz CT molecular complexity index is 536. The molecular weight excluding hydrogens is 252 g/mol. The van der Waals surface area contributed by atoms with Crippen LogP contribution >= 0.6 is 0 Å². The lowest BCUT2D eigenvalue weighted by Crippen LogP contribution is -2.35. The van der Waals surface area contributed by atoms with Crippen LogP contribution < -0.4 is 5.32 Å². The van der Waals surface area contributed by atoms with E-state index in [2.05, 4.69) is 60.0 Å². The highest BCUT2D eigenvalue weighted by atomic mass is 16.5. The zero-order valence-electron chi connectivity index (χ0n) is 12.8. The summed E-state index contributed by atoms with van der Waals surface area (Å²) in [5.74, 6) is 1.46. The van der Waals surface area contributed by atoms with E-state index in [9.17, 15) is 0 Å². The summed E-state index contributed by atoms with van der Waals surface area (Å²) in [6.45, 7) is 10.1. The second-order valence-corrected chi connectivity index (χ2v) is 6.09. The molecule has 0 aliphatic rings. The van der Waals surface area contributed by atoms with Crippen molar-refractivity contribution in [2.75, 3.05) is 0 Å². The van der Waals surface area contributed by atoms with E-state index < -0.39 is 0 Å². The second kappa shape index (κ2) is 6.22. The Hall–Kier alpha value is -1.62. The van der Waals surface area contributed by atoms with Crippen LogP contribution in [0.5, 0.6) is 0 Å². The summed E-state index contributed by atoms with van der Waals surface area (Å²) >= 11 is 0. The molecular formula is C15H24N4O. The summed E-state index contributed by atoms with van der Waals surface area (Å²) in [6.07, 6.45) is 3.92. The van der Waals surface area contributed by atoms with E-state index in [0.717, 1.165) is 31.1 Å². The summed E-state index contributed by atoms with van der Waals surface area (Å²) in [4.78, 5) is 4.41. The third kappa shape index (κ3) is 4.20. The molecule has 2 aromatic heterocycles. The summed E-state index contributed by atoms with van der Waals surface area (Å²) < 4.78 is 7.37. The minimum absolute atomic E-state index is 0.107. The molecule has 5 nitrogen and oxygen atoms in total. The van der Waals surface area contributed by atoms with E-state index in [4.69, 9.17) is 4.52 Å². The molecule has 0 saturated heterocycles. The average molecular weight is 276 g/mol. The van der Waals surface area contributed by atoms with Crippen molar-refractivity contribution in [3.63, 3.8) is 0 Å². The molecule has 5 heteroatoms. The number of aryl methyl sites for hydroxylation is 1. The van der Waals surface area contributed by atoms with Crippen LogP contribution in [-0.2, 0) is 19.5 Å². The molecule has 0 radical (unpaired) electrons. The third-order valence-corrected chi connectivity index (χ3v) is 3.01. The largest absolute Gasteiger partial charge is 0.342 e. The molecule has 0 aromatic carbocycles. The molecule has 2 aromatic rings. The lowest BCUT2D eigenvalue weighted by molar-refractivity contribution is 0.370. The molecule has 2 heterocycles. The van der Waals surface area contributed by atoms with Gasteiger partial charge in [-0.25, -0.2) is 0 Å². The van der Waals surface area contributed by atoms with E-state index in [1.807, 2.05) is 6.07 Å². The van der Waals surface area contributed by atoms with Crippen LogP contribution in [0, 0.1) is 0 Å². The lowest BCUT2D eigenvalue weighted by Gasteiger charge is -2.21. The van der Waals surface area contributed by atoms with Crippen molar-refractivity contribution >= 4 is 0 Å². The van der Waals surface area contributed by atoms with Gasteiger partial charge in [0.25, 0.3) is 0 Å². The van der Waals surface area contributed by atoms with Crippen LogP contribution in [0.15, 0.2) is 22.9 Å². The molecule has 0 aliphatic heterocycles. The zero-order valence-corrected chi connectivity index (χ0v) is 12.8. The van der Waals surface area contributed by atoms with E-state index in [0.29, 0.717) is 6.54 Å². The first-order valence-electron chi connectivity index (χ1n) is 7.18. The average Bonchev–Trinajstić information content (AvgIpc) is 2.97. The fourth-order valence-electron chi connectivity index (χ4n) is 1.94. The van der Waals surface area contributed by atoms with E-state index >= 15 is 0 Å². The molecule has 110 valence electrons. The Morgan fingerprint density at radius 1 is 1.35 bits per heavy atom. The predicted molar refractivity (Wildman–Crippen MR) is 78.4 cm³/mol. The molecule has 0 atom stereocenters. The van der Waals surface area contributed by atoms with E-state index in [1.54, 1.807) is 0 Å². The highest BCUT2D eigenvalue weighted by Gasteiger charge is 2.12. The molecule has 0 amide bonds.